The van der Waals surface area contributed by atoms with Crippen molar-refractivity contribution >= 4 is 29.5 Å². The molecular formula is C26H28ClNO4. The van der Waals surface area contributed by atoms with E-state index in [1.54, 1.807) is 6.07 Å². The summed E-state index contributed by atoms with van der Waals surface area (Å²) in [6.07, 6.45) is 6.23. The van der Waals surface area contributed by atoms with Gasteiger partial charge < -0.3 is 19.2 Å². The van der Waals surface area contributed by atoms with Crippen molar-refractivity contribution in [2.45, 2.75) is 37.5 Å². The van der Waals surface area contributed by atoms with Crippen LogP contribution in [-0.4, -0.2) is 39.1 Å². The van der Waals surface area contributed by atoms with Crippen LogP contribution in [0.4, 0.5) is 5.69 Å². The molecule has 1 unspecified atom stereocenters. The first kappa shape index (κ1) is 21.3. The minimum Gasteiger partial charge on any atom is -0.490 e. The normalized spacial score (nSPS) is 26.2. The molecule has 1 aliphatic heterocycles. The zero-order chi connectivity index (χ0) is 22.3. The molecule has 1 heterocycles. The van der Waals surface area contributed by atoms with Crippen LogP contribution in [0.3, 0.4) is 0 Å². The Morgan fingerprint density at radius 3 is 2.91 bits per heavy atom. The first-order valence-electron chi connectivity index (χ1n) is 11.4. The summed E-state index contributed by atoms with van der Waals surface area (Å²) < 4.78 is 11.4. The van der Waals surface area contributed by atoms with Crippen molar-refractivity contribution < 1.29 is 19.1 Å². The average Bonchev–Trinajstić information content (AvgIpc) is 2.93. The molecule has 5 rings (SSSR count). The third-order valence-electron chi connectivity index (χ3n) is 7.56. The highest BCUT2D eigenvalue weighted by atomic mass is 35.5. The van der Waals surface area contributed by atoms with E-state index in [1.807, 2.05) is 18.2 Å². The van der Waals surface area contributed by atoms with Gasteiger partial charge in [0.1, 0.15) is 12.0 Å². The van der Waals surface area contributed by atoms with E-state index in [0.29, 0.717) is 18.1 Å². The Morgan fingerprint density at radius 1 is 1.28 bits per heavy atom. The van der Waals surface area contributed by atoms with Crippen molar-refractivity contribution in [3.05, 3.63) is 58.1 Å². The topological polar surface area (TPSA) is 55.8 Å². The summed E-state index contributed by atoms with van der Waals surface area (Å²) in [5, 5.41) is 0.765. The first-order chi connectivity index (χ1) is 15.5. The maximum absolute atomic E-state index is 12.2. The van der Waals surface area contributed by atoms with E-state index >= 15 is 0 Å². The predicted octanol–water partition coefficient (Wildman–Crippen LogP) is 4.82. The van der Waals surface area contributed by atoms with Gasteiger partial charge in [-0.05, 0) is 79.5 Å². The molecule has 0 saturated heterocycles. The van der Waals surface area contributed by atoms with Gasteiger partial charge in [-0.1, -0.05) is 17.7 Å². The van der Waals surface area contributed by atoms with E-state index in [4.69, 9.17) is 21.1 Å². The molecule has 5 nitrogen and oxygen atoms in total. The lowest BCUT2D eigenvalue weighted by atomic mass is 9.69. The molecule has 6 heteroatoms. The smallest absolute Gasteiger partial charge is 0.337 e. The van der Waals surface area contributed by atoms with Crippen LogP contribution < -0.4 is 9.64 Å². The van der Waals surface area contributed by atoms with Crippen molar-refractivity contribution in [2.75, 3.05) is 31.7 Å². The monoisotopic (exact) mass is 453 g/mol. The Kier molecular flexibility index (Phi) is 5.62. The lowest BCUT2D eigenvalue weighted by Crippen LogP contribution is -2.48. The highest BCUT2D eigenvalue weighted by Gasteiger charge is 2.43. The molecule has 2 aromatic rings. The van der Waals surface area contributed by atoms with Gasteiger partial charge in [-0.3, -0.25) is 0 Å². The van der Waals surface area contributed by atoms with Crippen LogP contribution in [-0.2, 0) is 21.4 Å². The number of methoxy groups -OCH3 is 1. The molecule has 1 spiro atoms. The molecule has 0 N–H and O–H groups in total. The third kappa shape index (κ3) is 3.66. The fourth-order valence-electron chi connectivity index (χ4n) is 5.64. The number of ether oxygens (including phenoxy) is 2. The summed E-state index contributed by atoms with van der Waals surface area (Å²) in [6.45, 7) is 2.13. The molecule has 32 heavy (non-hydrogen) atoms. The summed E-state index contributed by atoms with van der Waals surface area (Å²) in [5.41, 5.74) is 3.85. The lowest BCUT2D eigenvalue weighted by molar-refractivity contribution is -0.115. The van der Waals surface area contributed by atoms with Gasteiger partial charge in [0.15, 0.2) is 0 Å². The molecule has 1 fully saturated rings. The Hall–Kier alpha value is -2.53. The maximum atomic E-state index is 12.2. The quantitative estimate of drug-likeness (QED) is 0.490. The van der Waals surface area contributed by atoms with Crippen molar-refractivity contribution in [3.63, 3.8) is 0 Å². The Bertz CT molecular complexity index is 1050. The number of hydrogen-bond acceptors (Lipinski definition) is 5. The van der Waals surface area contributed by atoms with E-state index in [-0.39, 0.29) is 17.3 Å². The molecule has 3 atom stereocenters. The summed E-state index contributed by atoms with van der Waals surface area (Å²) in [7, 11) is 1.39. The van der Waals surface area contributed by atoms with E-state index in [0.717, 1.165) is 67.9 Å². The van der Waals surface area contributed by atoms with Gasteiger partial charge in [0.2, 0.25) is 0 Å². The van der Waals surface area contributed by atoms with Crippen LogP contribution in [0.15, 0.2) is 36.4 Å². The molecule has 2 aliphatic carbocycles. The van der Waals surface area contributed by atoms with E-state index in [9.17, 15) is 9.59 Å². The number of esters is 1. The van der Waals surface area contributed by atoms with Gasteiger partial charge in [0.05, 0.1) is 25.0 Å². The van der Waals surface area contributed by atoms with Crippen molar-refractivity contribution in [3.8, 4) is 5.75 Å². The summed E-state index contributed by atoms with van der Waals surface area (Å²) in [6, 6.07) is 11.7. The highest BCUT2D eigenvalue weighted by molar-refractivity contribution is 6.30. The fraction of sp³-hybridized carbons (Fsp3) is 0.462. The van der Waals surface area contributed by atoms with Crippen molar-refractivity contribution in [1.29, 1.82) is 0 Å². The summed E-state index contributed by atoms with van der Waals surface area (Å²) in [4.78, 5) is 26.1. The molecule has 0 bridgehead atoms. The number of hydrogen-bond donors (Lipinski definition) is 0. The molecule has 2 aromatic carbocycles. The number of rotatable bonds is 4. The van der Waals surface area contributed by atoms with Gasteiger partial charge >= 0.3 is 5.97 Å². The van der Waals surface area contributed by atoms with Crippen LogP contribution in [0.5, 0.6) is 5.75 Å². The number of carbonyl (C=O) groups excluding carboxylic acids is 2. The number of aldehydes is 1. The average molecular weight is 454 g/mol. The zero-order valence-corrected chi connectivity index (χ0v) is 19.1. The number of benzene rings is 2. The van der Waals surface area contributed by atoms with Crippen LogP contribution >= 0.6 is 11.6 Å². The van der Waals surface area contributed by atoms with Gasteiger partial charge in [-0.25, -0.2) is 4.79 Å². The number of fused-ring (bicyclic) bond motifs is 3. The summed E-state index contributed by atoms with van der Waals surface area (Å²) in [5.74, 6) is 0.849. The van der Waals surface area contributed by atoms with E-state index in [2.05, 4.69) is 17.0 Å². The van der Waals surface area contributed by atoms with Crippen LogP contribution in [0.2, 0.25) is 5.02 Å². The Balaban J connectivity index is 1.56. The molecule has 1 saturated carbocycles. The minimum atomic E-state index is -0.362. The van der Waals surface area contributed by atoms with Crippen LogP contribution in [0.25, 0.3) is 0 Å². The number of anilines is 1. The predicted molar refractivity (Wildman–Crippen MR) is 124 cm³/mol. The highest BCUT2D eigenvalue weighted by Crippen LogP contribution is 2.46. The standard InChI is InChI=1S/C26H28ClNO4/c1-31-25(30)18-6-9-24-23(12-18)28(13-19-4-5-20(19)14-29)15-26(16-32-24)10-2-3-17-11-21(27)7-8-22(17)26/h6-9,11-12,14,19-20H,2-5,10,13,15-16H2,1H3/t19-,20-,26?/m0/s1. The lowest BCUT2D eigenvalue weighted by Gasteiger charge is -2.43. The van der Waals surface area contributed by atoms with E-state index in [1.165, 1.54) is 18.2 Å². The van der Waals surface area contributed by atoms with Gasteiger partial charge in [0, 0.05) is 29.4 Å². The second-order valence-electron chi connectivity index (χ2n) is 9.42. The molecule has 0 radical (unpaired) electrons. The molecule has 3 aliphatic rings. The minimum absolute atomic E-state index is 0.111. The number of halogens is 1. The second-order valence-corrected chi connectivity index (χ2v) is 9.85. The van der Waals surface area contributed by atoms with Gasteiger partial charge in [0.25, 0.3) is 0 Å². The largest absolute Gasteiger partial charge is 0.490 e. The number of carbonyl (C=O) groups is 2. The SMILES string of the molecule is COC(=O)c1ccc2c(c1)N(C[C@@H]1CC[C@H]1C=O)CC1(CCCc3cc(Cl)ccc31)CO2. The van der Waals surface area contributed by atoms with Gasteiger partial charge in [-0.15, -0.1) is 0 Å². The number of aryl methyl sites for hydroxylation is 1. The van der Waals surface area contributed by atoms with E-state index < -0.39 is 0 Å². The van der Waals surface area contributed by atoms with Crippen LogP contribution in [0, 0.1) is 11.8 Å². The number of nitrogens with zero attached hydrogens (tertiary/aromatic N) is 1. The molecular weight excluding hydrogens is 426 g/mol. The maximum Gasteiger partial charge on any atom is 0.337 e. The molecule has 168 valence electrons. The van der Waals surface area contributed by atoms with Gasteiger partial charge in [-0.2, -0.15) is 0 Å². The third-order valence-corrected chi connectivity index (χ3v) is 7.80. The van der Waals surface area contributed by atoms with Crippen LogP contribution in [0.1, 0.15) is 47.2 Å². The Labute approximate surface area is 193 Å². The Morgan fingerprint density at radius 2 is 2.16 bits per heavy atom. The van der Waals surface area contributed by atoms with Crippen molar-refractivity contribution in [2.24, 2.45) is 11.8 Å². The second kappa shape index (κ2) is 8.43. The molecule has 0 amide bonds. The van der Waals surface area contributed by atoms with Crippen molar-refractivity contribution in [1.82, 2.24) is 0 Å². The summed E-state index contributed by atoms with van der Waals surface area (Å²) >= 11 is 6.31. The fourth-order valence-corrected chi connectivity index (χ4v) is 5.84. The first-order valence-corrected chi connectivity index (χ1v) is 11.7. The zero-order valence-electron chi connectivity index (χ0n) is 18.3. The molecule has 0 aromatic heterocycles.